The number of benzene rings is 1. The highest BCUT2D eigenvalue weighted by Crippen LogP contribution is 2.18. The lowest BCUT2D eigenvalue weighted by atomic mass is 9.98. The number of hydrogen-bond acceptors (Lipinski definition) is 0. The molecule has 1 aromatic carbocycles. The zero-order valence-electron chi connectivity index (χ0n) is 7.76. The predicted octanol–water partition coefficient (Wildman–Crippen LogP) is -1.43. The second-order valence-corrected chi connectivity index (χ2v) is 3.10. The molecule has 1 rings (SSSR count). The van der Waals surface area contributed by atoms with E-state index >= 15 is 0 Å². The molecular formula is C10H15ClFN. The molecule has 0 aliphatic heterocycles. The molecule has 0 bridgehead atoms. The first-order valence-electron chi connectivity index (χ1n) is 4.28. The topological polar surface area (TPSA) is 27.6 Å². The fraction of sp³-hybridized carbons (Fsp3) is 0.400. The Morgan fingerprint density at radius 3 is 2.69 bits per heavy atom. The van der Waals surface area contributed by atoms with E-state index in [1.54, 1.807) is 12.1 Å². The van der Waals surface area contributed by atoms with Gasteiger partial charge in [-0.15, -0.1) is 0 Å². The monoisotopic (exact) mass is 203 g/mol. The third-order valence-corrected chi connectivity index (χ3v) is 2.05. The van der Waals surface area contributed by atoms with Crippen LogP contribution < -0.4 is 18.1 Å². The Morgan fingerprint density at radius 1 is 1.46 bits per heavy atom. The second-order valence-electron chi connectivity index (χ2n) is 3.10. The average Bonchev–Trinajstić information content (AvgIpc) is 2.05. The summed E-state index contributed by atoms with van der Waals surface area (Å²) in [5, 5.41) is 0. The summed E-state index contributed by atoms with van der Waals surface area (Å²) in [6, 6.07) is 6.79. The van der Waals surface area contributed by atoms with E-state index in [0.29, 0.717) is 5.92 Å². The van der Waals surface area contributed by atoms with Gasteiger partial charge in [0.05, 0.1) is 6.54 Å². The maximum atomic E-state index is 12.8. The van der Waals surface area contributed by atoms with Crippen LogP contribution in [0.15, 0.2) is 24.3 Å². The van der Waals surface area contributed by atoms with Gasteiger partial charge in [-0.1, -0.05) is 19.1 Å². The summed E-state index contributed by atoms with van der Waals surface area (Å²) in [6.07, 6.45) is 1.02. The third-order valence-electron chi connectivity index (χ3n) is 2.05. The highest BCUT2D eigenvalue weighted by atomic mass is 35.5. The van der Waals surface area contributed by atoms with Gasteiger partial charge in [0.25, 0.3) is 0 Å². The molecule has 0 spiro atoms. The summed E-state index contributed by atoms with van der Waals surface area (Å²) in [6.45, 7) is 3.00. The van der Waals surface area contributed by atoms with E-state index < -0.39 is 0 Å². The van der Waals surface area contributed by atoms with Crippen LogP contribution in [0.4, 0.5) is 4.39 Å². The number of rotatable bonds is 3. The van der Waals surface area contributed by atoms with E-state index in [9.17, 15) is 4.39 Å². The van der Waals surface area contributed by atoms with Gasteiger partial charge in [-0.25, -0.2) is 4.39 Å². The van der Waals surface area contributed by atoms with E-state index in [-0.39, 0.29) is 18.2 Å². The molecule has 0 aliphatic carbocycles. The molecule has 1 unspecified atom stereocenters. The summed E-state index contributed by atoms with van der Waals surface area (Å²) in [5.41, 5.74) is 4.85. The molecule has 0 saturated carbocycles. The molecule has 0 radical (unpaired) electrons. The van der Waals surface area contributed by atoms with Crippen molar-refractivity contribution < 1.29 is 22.5 Å². The second kappa shape index (κ2) is 5.95. The fourth-order valence-corrected chi connectivity index (χ4v) is 1.29. The predicted molar refractivity (Wildman–Crippen MR) is 47.2 cm³/mol. The molecule has 0 aromatic heterocycles. The van der Waals surface area contributed by atoms with E-state index in [4.69, 9.17) is 0 Å². The van der Waals surface area contributed by atoms with Gasteiger partial charge in [0, 0.05) is 6.42 Å². The lowest BCUT2D eigenvalue weighted by Crippen LogP contribution is -3.00. The standard InChI is InChI=1S/C10H14FN.ClH/c1-8(5-6-12)9-3-2-4-10(11)7-9;/h2-4,7-8H,5-6,12H2,1H3;1H. The van der Waals surface area contributed by atoms with Crippen LogP contribution in [-0.2, 0) is 0 Å². The highest BCUT2D eigenvalue weighted by Gasteiger charge is 2.05. The number of hydrogen-bond donors (Lipinski definition) is 1. The molecular weight excluding hydrogens is 189 g/mol. The Kier molecular flexibility index (Phi) is 5.67. The van der Waals surface area contributed by atoms with Crippen LogP contribution in [0.1, 0.15) is 24.8 Å². The zero-order valence-corrected chi connectivity index (χ0v) is 8.52. The normalized spacial score (nSPS) is 11.9. The number of halogens is 2. The summed E-state index contributed by atoms with van der Waals surface area (Å²) >= 11 is 0. The van der Waals surface area contributed by atoms with Crippen LogP contribution in [0.5, 0.6) is 0 Å². The molecule has 1 nitrogen and oxygen atoms in total. The van der Waals surface area contributed by atoms with Crippen molar-refractivity contribution in [2.75, 3.05) is 6.54 Å². The molecule has 1 aromatic rings. The lowest BCUT2D eigenvalue weighted by molar-refractivity contribution is -0.369. The maximum absolute atomic E-state index is 12.8. The quantitative estimate of drug-likeness (QED) is 0.624. The van der Waals surface area contributed by atoms with Crippen LogP contribution in [-0.4, -0.2) is 6.54 Å². The summed E-state index contributed by atoms with van der Waals surface area (Å²) in [4.78, 5) is 0. The van der Waals surface area contributed by atoms with Crippen LogP contribution in [0, 0.1) is 5.82 Å². The SMILES string of the molecule is CC(CC[NH3+])c1cccc(F)c1.[Cl-]. The first kappa shape index (κ1) is 12.4. The average molecular weight is 204 g/mol. The molecule has 74 valence electrons. The molecule has 1 atom stereocenters. The summed E-state index contributed by atoms with van der Waals surface area (Å²) in [7, 11) is 0. The molecule has 0 saturated heterocycles. The van der Waals surface area contributed by atoms with Crippen molar-refractivity contribution in [2.45, 2.75) is 19.3 Å². The van der Waals surface area contributed by atoms with Crippen molar-refractivity contribution in [3.05, 3.63) is 35.6 Å². The third kappa shape index (κ3) is 3.75. The fourth-order valence-electron chi connectivity index (χ4n) is 1.29. The molecule has 3 heteroatoms. The Hall–Kier alpha value is -0.600. The van der Waals surface area contributed by atoms with Crippen molar-refractivity contribution in [3.8, 4) is 0 Å². The van der Waals surface area contributed by atoms with E-state index in [2.05, 4.69) is 12.7 Å². The molecule has 13 heavy (non-hydrogen) atoms. The molecule has 0 amide bonds. The minimum Gasteiger partial charge on any atom is -1.00 e. The van der Waals surface area contributed by atoms with Gasteiger partial charge in [-0.3, -0.25) is 0 Å². The van der Waals surface area contributed by atoms with Crippen molar-refractivity contribution in [2.24, 2.45) is 0 Å². The van der Waals surface area contributed by atoms with E-state index in [0.717, 1.165) is 18.5 Å². The van der Waals surface area contributed by atoms with Crippen molar-refractivity contribution in [1.29, 1.82) is 0 Å². The Balaban J connectivity index is 0.00000144. The maximum Gasteiger partial charge on any atom is 0.123 e. The summed E-state index contributed by atoms with van der Waals surface area (Å²) < 4.78 is 12.8. The Morgan fingerprint density at radius 2 is 2.15 bits per heavy atom. The van der Waals surface area contributed by atoms with Crippen LogP contribution in [0.25, 0.3) is 0 Å². The smallest absolute Gasteiger partial charge is 0.123 e. The first-order valence-corrected chi connectivity index (χ1v) is 4.28. The van der Waals surface area contributed by atoms with E-state index in [1.807, 2.05) is 6.07 Å². The van der Waals surface area contributed by atoms with Gasteiger partial charge < -0.3 is 18.1 Å². The lowest BCUT2D eigenvalue weighted by Gasteiger charge is -2.08. The van der Waals surface area contributed by atoms with Gasteiger partial charge in [0.2, 0.25) is 0 Å². The molecule has 0 heterocycles. The van der Waals surface area contributed by atoms with Gasteiger partial charge >= 0.3 is 0 Å². The van der Waals surface area contributed by atoms with Gasteiger partial charge in [-0.05, 0) is 23.6 Å². The van der Waals surface area contributed by atoms with Crippen LogP contribution in [0.2, 0.25) is 0 Å². The minimum atomic E-state index is -0.150. The van der Waals surface area contributed by atoms with Gasteiger partial charge in [-0.2, -0.15) is 0 Å². The first-order chi connectivity index (χ1) is 5.74. The van der Waals surface area contributed by atoms with Crippen LogP contribution in [0.3, 0.4) is 0 Å². The highest BCUT2D eigenvalue weighted by molar-refractivity contribution is 5.19. The Bertz CT molecular complexity index is 252. The van der Waals surface area contributed by atoms with E-state index in [1.165, 1.54) is 6.07 Å². The molecule has 0 fully saturated rings. The number of quaternary nitrogens is 1. The Labute approximate surface area is 84.5 Å². The van der Waals surface area contributed by atoms with Gasteiger partial charge in [0.1, 0.15) is 5.82 Å². The van der Waals surface area contributed by atoms with Crippen molar-refractivity contribution >= 4 is 0 Å². The van der Waals surface area contributed by atoms with Crippen molar-refractivity contribution in [3.63, 3.8) is 0 Å². The zero-order chi connectivity index (χ0) is 8.97. The molecule has 3 N–H and O–H groups in total. The largest absolute Gasteiger partial charge is 1.00 e. The summed E-state index contributed by atoms with van der Waals surface area (Å²) in [5.74, 6) is 0.265. The minimum absolute atomic E-state index is 0. The van der Waals surface area contributed by atoms with Crippen LogP contribution >= 0.6 is 0 Å². The van der Waals surface area contributed by atoms with Gasteiger partial charge in [0.15, 0.2) is 0 Å². The molecule has 0 aliphatic rings. The van der Waals surface area contributed by atoms with Crippen molar-refractivity contribution in [1.82, 2.24) is 0 Å².